The van der Waals surface area contributed by atoms with E-state index in [4.69, 9.17) is 0 Å². The quantitative estimate of drug-likeness (QED) is 0.581. The third-order valence-corrected chi connectivity index (χ3v) is 4.65. The molecule has 0 bridgehead atoms. The zero-order chi connectivity index (χ0) is 10.1. The van der Waals surface area contributed by atoms with Crippen molar-refractivity contribution >= 4 is 0 Å². The summed E-state index contributed by atoms with van der Waals surface area (Å²) >= 11 is 0. The van der Waals surface area contributed by atoms with Crippen LogP contribution in [0.25, 0.3) is 0 Å². The molecule has 2 saturated carbocycles. The van der Waals surface area contributed by atoms with Crippen LogP contribution in [-0.2, 0) is 0 Å². The van der Waals surface area contributed by atoms with Gasteiger partial charge in [0.25, 0.3) is 0 Å². The monoisotopic (exact) mass is 192 g/mol. The van der Waals surface area contributed by atoms with Gasteiger partial charge in [-0.25, -0.2) is 0 Å². The first-order valence-corrected chi connectivity index (χ1v) is 6.46. The van der Waals surface area contributed by atoms with E-state index in [0.29, 0.717) is 0 Å². The molecule has 0 amide bonds. The van der Waals surface area contributed by atoms with Gasteiger partial charge in [0.2, 0.25) is 0 Å². The number of allylic oxidation sites excluding steroid dienone is 2. The minimum absolute atomic E-state index is 0.911. The molecule has 0 aromatic rings. The molecule has 0 radical (unpaired) electrons. The summed E-state index contributed by atoms with van der Waals surface area (Å²) in [5, 5.41) is 0. The number of fused-ring (bicyclic) bond motifs is 1. The van der Waals surface area contributed by atoms with E-state index in [-0.39, 0.29) is 0 Å². The zero-order valence-electron chi connectivity index (χ0n) is 9.92. The minimum atomic E-state index is 0.911. The van der Waals surface area contributed by atoms with Crippen LogP contribution in [0.15, 0.2) is 11.6 Å². The predicted molar refractivity (Wildman–Crippen MR) is 62.2 cm³/mol. The third-order valence-electron chi connectivity index (χ3n) is 4.65. The highest BCUT2D eigenvalue weighted by molar-refractivity contribution is 5.19. The van der Waals surface area contributed by atoms with Crippen LogP contribution >= 0.6 is 0 Å². The molecule has 4 atom stereocenters. The summed E-state index contributed by atoms with van der Waals surface area (Å²) in [5.74, 6) is 4.10. The van der Waals surface area contributed by atoms with Gasteiger partial charge in [-0.05, 0) is 42.9 Å². The highest BCUT2D eigenvalue weighted by Gasteiger charge is 2.48. The van der Waals surface area contributed by atoms with Crippen LogP contribution in [-0.4, -0.2) is 0 Å². The van der Waals surface area contributed by atoms with Gasteiger partial charge in [0.15, 0.2) is 0 Å². The van der Waals surface area contributed by atoms with Crippen molar-refractivity contribution in [3.8, 4) is 0 Å². The van der Waals surface area contributed by atoms with E-state index in [9.17, 15) is 0 Å². The molecule has 2 aliphatic rings. The standard InChI is InChI=1S/C14H24/c1-4-6-7-12-9-14-11(5-2)8-13(14)10(12)3/h7,10-11,13-14H,4-6,8-9H2,1-3H3. The number of rotatable bonds is 3. The maximum Gasteiger partial charge on any atom is -0.0200 e. The Bertz CT molecular complexity index is 226. The Morgan fingerprint density at radius 3 is 2.71 bits per heavy atom. The molecule has 14 heavy (non-hydrogen) atoms. The lowest BCUT2D eigenvalue weighted by Gasteiger charge is -2.41. The molecule has 0 saturated heterocycles. The van der Waals surface area contributed by atoms with Gasteiger partial charge in [-0.3, -0.25) is 0 Å². The van der Waals surface area contributed by atoms with Gasteiger partial charge in [0.1, 0.15) is 0 Å². The molecular formula is C14H24. The summed E-state index contributed by atoms with van der Waals surface area (Å²) in [6.07, 6.45) is 9.51. The average molecular weight is 192 g/mol. The fourth-order valence-corrected chi connectivity index (χ4v) is 3.55. The molecule has 2 aliphatic carbocycles. The number of hydrogen-bond donors (Lipinski definition) is 0. The Morgan fingerprint density at radius 1 is 1.29 bits per heavy atom. The second-order valence-corrected chi connectivity index (χ2v) is 5.29. The third kappa shape index (κ3) is 1.53. The summed E-state index contributed by atoms with van der Waals surface area (Å²) in [4.78, 5) is 0. The van der Waals surface area contributed by atoms with Gasteiger partial charge in [0.05, 0.1) is 0 Å². The van der Waals surface area contributed by atoms with Crippen molar-refractivity contribution in [2.75, 3.05) is 0 Å². The molecule has 80 valence electrons. The fraction of sp³-hybridized carbons (Fsp3) is 0.857. The van der Waals surface area contributed by atoms with Crippen LogP contribution in [0.2, 0.25) is 0 Å². The SMILES string of the molecule is CCCC=C1CC2C(CC)CC2C1C. The molecule has 0 nitrogen and oxygen atoms in total. The van der Waals surface area contributed by atoms with E-state index >= 15 is 0 Å². The van der Waals surface area contributed by atoms with Gasteiger partial charge in [-0.2, -0.15) is 0 Å². The van der Waals surface area contributed by atoms with Gasteiger partial charge >= 0.3 is 0 Å². The Balaban J connectivity index is 1.98. The molecule has 0 heterocycles. The smallest absolute Gasteiger partial charge is 0.0200 e. The van der Waals surface area contributed by atoms with Crippen LogP contribution < -0.4 is 0 Å². The first-order chi connectivity index (χ1) is 6.77. The molecule has 2 rings (SSSR count). The van der Waals surface area contributed by atoms with Crippen LogP contribution in [0.4, 0.5) is 0 Å². The average Bonchev–Trinajstić information content (AvgIpc) is 2.38. The molecule has 0 heteroatoms. The maximum absolute atomic E-state index is 2.54. The molecule has 0 aliphatic heterocycles. The van der Waals surface area contributed by atoms with Gasteiger partial charge in [-0.1, -0.05) is 45.3 Å². The lowest BCUT2D eigenvalue weighted by Crippen LogP contribution is -2.34. The maximum atomic E-state index is 2.54. The van der Waals surface area contributed by atoms with Gasteiger partial charge in [-0.15, -0.1) is 0 Å². The largest absolute Gasteiger partial charge is 0.0851 e. The Labute approximate surface area is 88.8 Å². The summed E-state index contributed by atoms with van der Waals surface area (Å²) in [6, 6.07) is 0. The zero-order valence-corrected chi connectivity index (χ0v) is 9.92. The van der Waals surface area contributed by atoms with E-state index < -0.39 is 0 Å². The normalized spacial score (nSPS) is 43.8. The van der Waals surface area contributed by atoms with E-state index in [1.54, 1.807) is 5.57 Å². The van der Waals surface area contributed by atoms with Gasteiger partial charge < -0.3 is 0 Å². The van der Waals surface area contributed by atoms with Crippen molar-refractivity contribution in [1.29, 1.82) is 0 Å². The highest BCUT2D eigenvalue weighted by atomic mass is 14.5. The summed E-state index contributed by atoms with van der Waals surface area (Å²) in [7, 11) is 0. The lowest BCUT2D eigenvalue weighted by atomic mass is 9.63. The van der Waals surface area contributed by atoms with E-state index in [1.165, 1.54) is 32.1 Å². The number of unbranched alkanes of at least 4 members (excludes halogenated alkanes) is 1. The van der Waals surface area contributed by atoms with Crippen molar-refractivity contribution in [1.82, 2.24) is 0 Å². The Kier molecular flexibility index (Phi) is 2.99. The first-order valence-electron chi connectivity index (χ1n) is 6.46. The van der Waals surface area contributed by atoms with Crippen LogP contribution in [0.3, 0.4) is 0 Å². The molecule has 0 spiro atoms. The van der Waals surface area contributed by atoms with Crippen molar-refractivity contribution in [3.63, 3.8) is 0 Å². The van der Waals surface area contributed by atoms with E-state index in [0.717, 1.165) is 23.7 Å². The molecular weight excluding hydrogens is 168 g/mol. The topological polar surface area (TPSA) is 0 Å². The van der Waals surface area contributed by atoms with Gasteiger partial charge in [0, 0.05) is 0 Å². The molecule has 2 fully saturated rings. The molecule has 0 aromatic heterocycles. The Hall–Kier alpha value is -0.260. The minimum Gasteiger partial charge on any atom is -0.0851 e. The first kappa shape index (κ1) is 10.3. The van der Waals surface area contributed by atoms with Crippen molar-refractivity contribution in [2.45, 2.75) is 52.9 Å². The van der Waals surface area contributed by atoms with Crippen molar-refractivity contribution < 1.29 is 0 Å². The van der Waals surface area contributed by atoms with Crippen LogP contribution in [0, 0.1) is 23.7 Å². The summed E-state index contributed by atoms with van der Waals surface area (Å²) in [6.45, 7) is 7.09. The van der Waals surface area contributed by atoms with Crippen LogP contribution in [0.5, 0.6) is 0 Å². The van der Waals surface area contributed by atoms with Crippen molar-refractivity contribution in [2.24, 2.45) is 23.7 Å². The Morgan fingerprint density at radius 2 is 2.07 bits per heavy atom. The lowest BCUT2D eigenvalue weighted by molar-refractivity contribution is 0.0762. The predicted octanol–water partition coefficient (Wildman–Crippen LogP) is 4.42. The second-order valence-electron chi connectivity index (χ2n) is 5.29. The van der Waals surface area contributed by atoms with E-state index in [1.807, 2.05) is 0 Å². The van der Waals surface area contributed by atoms with Crippen LogP contribution in [0.1, 0.15) is 52.9 Å². The summed E-state index contributed by atoms with van der Waals surface area (Å²) < 4.78 is 0. The van der Waals surface area contributed by atoms with E-state index in [2.05, 4.69) is 26.8 Å². The van der Waals surface area contributed by atoms with Crippen molar-refractivity contribution in [3.05, 3.63) is 11.6 Å². The number of hydrogen-bond acceptors (Lipinski definition) is 0. The molecule has 0 N–H and O–H groups in total. The highest BCUT2D eigenvalue weighted by Crippen LogP contribution is 2.57. The fourth-order valence-electron chi connectivity index (χ4n) is 3.55. The molecule has 0 aromatic carbocycles. The second kappa shape index (κ2) is 4.08. The summed E-state index contributed by atoms with van der Waals surface area (Å²) in [5.41, 5.74) is 1.79. The molecule has 4 unspecified atom stereocenters.